The van der Waals surface area contributed by atoms with Crippen LogP contribution in [0.4, 0.5) is 4.39 Å². The van der Waals surface area contributed by atoms with Crippen LogP contribution in [0.5, 0.6) is 5.75 Å². The molecule has 0 aliphatic carbocycles. The van der Waals surface area contributed by atoms with Crippen LogP contribution in [0.2, 0.25) is 0 Å². The minimum atomic E-state index is -1.27. The molecule has 2 rings (SSSR count). The van der Waals surface area contributed by atoms with E-state index in [1.165, 1.54) is 24.3 Å². The SMILES string of the molecule is COc1cc(CC(=O)NCC(C)(O)c2ccc(F)cc2)ccc1C. The average Bonchev–Trinajstić information content (AvgIpc) is 2.55. The van der Waals surface area contributed by atoms with Gasteiger partial charge < -0.3 is 15.2 Å². The number of amides is 1. The third kappa shape index (κ3) is 4.55. The summed E-state index contributed by atoms with van der Waals surface area (Å²) >= 11 is 0. The van der Waals surface area contributed by atoms with Crippen LogP contribution >= 0.6 is 0 Å². The number of benzene rings is 2. The standard InChI is InChI=1S/C19H22FNO3/c1-13-4-5-14(10-17(13)24-3)11-18(22)21-12-19(2,23)15-6-8-16(20)9-7-15/h4-10,23H,11-12H2,1-3H3,(H,21,22). The van der Waals surface area contributed by atoms with Gasteiger partial charge in [0, 0.05) is 0 Å². The molecule has 0 fully saturated rings. The van der Waals surface area contributed by atoms with Gasteiger partial charge in [-0.2, -0.15) is 0 Å². The van der Waals surface area contributed by atoms with Gasteiger partial charge in [-0.25, -0.2) is 4.39 Å². The predicted octanol–water partition coefficient (Wildman–Crippen LogP) is 2.71. The van der Waals surface area contributed by atoms with E-state index in [0.29, 0.717) is 5.56 Å². The molecule has 0 aromatic heterocycles. The van der Waals surface area contributed by atoms with Gasteiger partial charge in [-0.05, 0) is 48.7 Å². The molecule has 24 heavy (non-hydrogen) atoms. The van der Waals surface area contributed by atoms with E-state index in [-0.39, 0.29) is 24.7 Å². The number of hydrogen-bond acceptors (Lipinski definition) is 3. The molecule has 4 nitrogen and oxygen atoms in total. The molecule has 0 saturated carbocycles. The molecule has 2 aromatic carbocycles. The normalized spacial score (nSPS) is 13.2. The van der Waals surface area contributed by atoms with E-state index >= 15 is 0 Å². The lowest BCUT2D eigenvalue weighted by molar-refractivity contribution is -0.121. The van der Waals surface area contributed by atoms with Crippen molar-refractivity contribution in [2.24, 2.45) is 0 Å². The molecule has 2 N–H and O–H groups in total. The van der Waals surface area contributed by atoms with Crippen molar-refractivity contribution in [3.63, 3.8) is 0 Å². The molecular formula is C19H22FNO3. The number of methoxy groups -OCH3 is 1. The van der Waals surface area contributed by atoms with Gasteiger partial charge in [0.2, 0.25) is 5.91 Å². The fraction of sp³-hybridized carbons (Fsp3) is 0.316. The number of rotatable bonds is 6. The number of aliphatic hydroxyl groups is 1. The number of carbonyl (C=O) groups is 1. The molecule has 0 aliphatic rings. The maximum absolute atomic E-state index is 13.0. The molecule has 1 unspecified atom stereocenters. The van der Waals surface area contributed by atoms with Crippen molar-refractivity contribution < 1.29 is 19.0 Å². The Kier molecular flexibility index (Phi) is 5.57. The summed E-state index contributed by atoms with van der Waals surface area (Å²) < 4.78 is 18.2. The van der Waals surface area contributed by atoms with Gasteiger partial charge in [0.15, 0.2) is 0 Å². The van der Waals surface area contributed by atoms with Crippen LogP contribution in [-0.4, -0.2) is 24.7 Å². The summed E-state index contributed by atoms with van der Waals surface area (Å²) in [5.41, 5.74) is 1.10. The molecule has 0 spiro atoms. The van der Waals surface area contributed by atoms with Gasteiger partial charge in [-0.3, -0.25) is 4.79 Å². The van der Waals surface area contributed by atoms with Gasteiger partial charge >= 0.3 is 0 Å². The van der Waals surface area contributed by atoms with E-state index in [4.69, 9.17) is 4.74 Å². The summed E-state index contributed by atoms with van der Waals surface area (Å²) in [5.74, 6) is 0.161. The first-order valence-electron chi connectivity index (χ1n) is 7.70. The number of nitrogens with one attached hydrogen (secondary N) is 1. The van der Waals surface area contributed by atoms with Gasteiger partial charge in [0.25, 0.3) is 0 Å². The Morgan fingerprint density at radius 1 is 1.25 bits per heavy atom. The van der Waals surface area contributed by atoms with E-state index in [1.54, 1.807) is 14.0 Å². The van der Waals surface area contributed by atoms with Crippen LogP contribution in [0.3, 0.4) is 0 Å². The molecule has 1 atom stereocenters. The fourth-order valence-corrected chi connectivity index (χ4v) is 2.40. The van der Waals surface area contributed by atoms with E-state index < -0.39 is 5.60 Å². The minimum Gasteiger partial charge on any atom is -0.496 e. The Labute approximate surface area is 141 Å². The number of aryl methyl sites for hydroxylation is 1. The summed E-state index contributed by atoms with van der Waals surface area (Å²) in [6.07, 6.45) is 0.191. The maximum atomic E-state index is 13.0. The monoisotopic (exact) mass is 331 g/mol. The van der Waals surface area contributed by atoms with Crippen molar-refractivity contribution >= 4 is 5.91 Å². The quantitative estimate of drug-likeness (QED) is 0.856. The lowest BCUT2D eigenvalue weighted by Gasteiger charge is -2.24. The first-order chi connectivity index (χ1) is 11.3. The Morgan fingerprint density at radius 2 is 1.92 bits per heavy atom. The predicted molar refractivity (Wildman–Crippen MR) is 90.4 cm³/mol. The molecule has 1 amide bonds. The van der Waals surface area contributed by atoms with Crippen molar-refractivity contribution in [3.8, 4) is 5.75 Å². The van der Waals surface area contributed by atoms with Crippen LogP contribution in [0, 0.1) is 12.7 Å². The van der Waals surface area contributed by atoms with Crippen LogP contribution in [-0.2, 0) is 16.8 Å². The molecule has 2 aromatic rings. The van der Waals surface area contributed by atoms with Crippen molar-refractivity contribution in [1.29, 1.82) is 0 Å². The number of hydrogen-bond donors (Lipinski definition) is 2. The van der Waals surface area contributed by atoms with E-state index in [2.05, 4.69) is 5.32 Å². The zero-order valence-corrected chi connectivity index (χ0v) is 14.1. The maximum Gasteiger partial charge on any atom is 0.224 e. The second kappa shape index (κ2) is 7.45. The summed E-state index contributed by atoms with van der Waals surface area (Å²) in [7, 11) is 1.59. The zero-order valence-electron chi connectivity index (χ0n) is 14.1. The second-order valence-corrected chi connectivity index (χ2v) is 6.04. The minimum absolute atomic E-state index is 0.0421. The summed E-state index contributed by atoms with van der Waals surface area (Å²) in [5, 5.41) is 13.2. The molecule has 0 saturated heterocycles. The Bertz CT molecular complexity index is 711. The highest BCUT2D eigenvalue weighted by Gasteiger charge is 2.23. The Morgan fingerprint density at radius 3 is 2.54 bits per heavy atom. The molecule has 0 bridgehead atoms. The highest BCUT2D eigenvalue weighted by molar-refractivity contribution is 5.78. The van der Waals surface area contributed by atoms with Crippen molar-refractivity contribution in [2.75, 3.05) is 13.7 Å². The van der Waals surface area contributed by atoms with Gasteiger partial charge in [0.1, 0.15) is 17.2 Å². The van der Waals surface area contributed by atoms with Crippen LogP contribution in [0.15, 0.2) is 42.5 Å². The Hall–Kier alpha value is -2.40. The summed E-state index contributed by atoms with van der Waals surface area (Å²) in [4.78, 5) is 12.1. The lowest BCUT2D eigenvalue weighted by Crippen LogP contribution is -2.39. The van der Waals surface area contributed by atoms with Crippen molar-refractivity contribution in [2.45, 2.75) is 25.9 Å². The van der Waals surface area contributed by atoms with Crippen LogP contribution in [0.25, 0.3) is 0 Å². The van der Waals surface area contributed by atoms with Crippen LogP contribution in [0.1, 0.15) is 23.6 Å². The smallest absolute Gasteiger partial charge is 0.224 e. The molecule has 0 radical (unpaired) electrons. The Balaban J connectivity index is 1.96. The van der Waals surface area contributed by atoms with Gasteiger partial charge in [-0.1, -0.05) is 24.3 Å². The molecule has 0 aliphatic heterocycles. The first-order valence-corrected chi connectivity index (χ1v) is 7.70. The van der Waals surface area contributed by atoms with Gasteiger partial charge in [0.05, 0.1) is 20.1 Å². The highest BCUT2D eigenvalue weighted by Crippen LogP contribution is 2.21. The van der Waals surface area contributed by atoms with Crippen LogP contribution < -0.4 is 10.1 Å². The lowest BCUT2D eigenvalue weighted by atomic mass is 9.96. The first kappa shape index (κ1) is 17.9. The second-order valence-electron chi connectivity index (χ2n) is 6.04. The largest absolute Gasteiger partial charge is 0.496 e. The molecule has 5 heteroatoms. The molecular weight excluding hydrogens is 309 g/mol. The number of ether oxygens (including phenoxy) is 1. The topological polar surface area (TPSA) is 58.6 Å². The number of carbonyl (C=O) groups excluding carboxylic acids is 1. The zero-order chi connectivity index (χ0) is 17.7. The summed E-state index contributed by atoms with van der Waals surface area (Å²) in [6.45, 7) is 3.55. The van der Waals surface area contributed by atoms with Gasteiger partial charge in [-0.15, -0.1) is 0 Å². The van der Waals surface area contributed by atoms with Crippen molar-refractivity contribution in [3.05, 3.63) is 65.0 Å². The van der Waals surface area contributed by atoms with E-state index in [0.717, 1.165) is 16.9 Å². The van der Waals surface area contributed by atoms with Crippen molar-refractivity contribution in [1.82, 2.24) is 5.32 Å². The third-order valence-electron chi connectivity index (χ3n) is 3.93. The third-order valence-corrected chi connectivity index (χ3v) is 3.93. The van der Waals surface area contributed by atoms with E-state index in [1.807, 2.05) is 25.1 Å². The molecule has 0 heterocycles. The molecule has 128 valence electrons. The van der Waals surface area contributed by atoms with E-state index in [9.17, 15) is 14.3 Å². The summed E-state index contributed by atoms with van der Waals surface area (Å²) in [6, 6.07) is 11.2. The average molecular weight is 331 g/mol. The fourth-order valence-electron chi connectivity index (χ4n) is 2.40. The highest BCUT2D eigenvalue weighted by atomic mass is 19.1. The number of halogens is 1.